The highest BCUT2D eigenvalue weighted by atomic mass is 15.3. The maximum atomic E-state index is 5.76. The van der Waals surface area contributed by atoms with Crippen LogP contribution in [-0.4, -0.2) is 31.2 Å². The van der Waals surface area contributed by atoms with Crippen molar-refractivity contribution in [2.45, 2.75) is 39.4 Å². The van der Waals surface area contributed by atoms with Crippen LogP contribution in [0.2, 0.25) is 0 Å². The molecule has 6 nitrogen and oxygen atoms in total. The Labute approximate surface area is 153 Å². The molecule has 0 aliphatic carbocycles. The Hall–Kier alpha value is -2.73. The van der Waals surface area contributed by atoms with E-state index in [-0.39, 0.29) is 0 Å². The van der Waals surface area contributed by atoms with Gasteiger partial charge in [-0.2, -0.15) is 5.10 Å². The number of nitrogens with zero attached hydrogens (tertiary/aromatic N) is 5. The summed E-state index contributed by atoms with van der Waals surface area (Å²) in [6.45, 7) is 7.07. The normalized spacial score (nSPS) is 14.6. The minimum absolute atomic E-state index is 0.394. The lowest BCUT2D eigenvalue weighted by atomic mass is 10.1. The Morgan fingerprint density at radius 3 is 2.69 bits per heavy atom. The molecule has 2 aromatic heterocycles. The summed E-state index contributed by atoms with van der Waals surface area (Å²) in [5.74, 6) is 0.774. The summed E-state index contributed by atoms with van der Waals surface area (Å²) in [5, 5.41) is 4.43. The van der Waals surface area contributed by atoms with Crippen LogP contribution in [0, 0.1) is 0 Å². The van der Waals surface area contributed by atoms with Crippen molar-refractivity contribution in [2.75, 3.05) is 12.3 Å². The molecule has 1 aromatic carbocycles. The Balaban J connectivity index is 1.48. The predicted octanol–water partition coefficient (Wildman–Crippen LogP) is 3.06. The van der Waals surface area contributed by atoms with Gasteiger partial charge in [-0.15, -0.1) is 0 Å². The lowest BCUT2D eigenvalue weighted by molar-refractivity contribution is 0.243. The van der Waals surface area contributed by atoms with E-state index in [1.807, 2.05) is 41.3 Å². The molecule has 0 amide bonds. The van der Waals surface area contributed by atoms with E-state index in [2.05, 4.69) is 35.0 Å². The molecule has 0 fully saturated rings. The Morgan fingerprint density at radius 1 is 1.15 bits per heavy atom. The van der Waals surface area contributed by atoms with Gasteiger partial charge in [0.15, 0.2) is 5.82 Å². The largest absolute Gasteiger partial charge is 0.399 e. The summed E-state index contributed by atoms with van der Waals surface area (Å²) in [4.78, 5) is 11.8. The third-order valence-electron chi connectivity index (χ3n) is 4.77. The molecule has 0 saturated carbocycles. The number of anilines is 1. The van der Waals surface area contributed by atoms with Crippen molar-refractivity contribution < 1.29 is 0 Å². The maximum Gasteiger partial charge on any atom is 0.159 e. The molecule has 26 heavy (non-hydrogen) atoms. The lowest BCUT2D eigenvalue weighted by Crippen LogP contribution is -2.30. The average molecular weight is 348 g/mol. The minimum atomic E-state index is 0.394. The van der Waals surface area contributed by atoms with Gasteiger partial charge in [0.1, 0.15) is 0 Å². The van der Waals surface area contributed by atoms with Gasteiger partial charge in [-0.25, -0.2) is 9.97 Å². The second kappa shape index (κ2) is 6.88. The molecule has 1 aliphatic rings. The van der Waals surface area contributed by atoms with Crippen LogP contribution in [0.1, 0.15) is 36.7 Å². The monoisotopic (exact) mass is 348 g/mol. The summed E-state index contributed by atoms with van der Waals surface area (Å²) < 4.78 is 2.01. The van der Waals surface area contributed by atoms with Crippen LogP contribution in [0.25, 0.3) is 11.4 Å². The van der Waals surface area contributed by atoms with Gasteiger partial charge in [0.2, 0.25) is 0 Å². The quantitative estimate of drug-likeness (QED) is 0.734. The smallest absolute Gasteiger partial charge is 0.159 e. The molecule has 0 spiro atoms. The van der Waals surface area contributed by atoms with Gasteiger partial charge in [0, 0.05) is 66.9 Å². The lowest BCUT2D eigenvalue weighted by Gasteiger charge is -2.27. The standard InChI is InChI=1S/C20H24N6/c1-14(2)26-12-15(9-23-26)11-25-8-7-19-17(13-25)10-22-20(24-19)16-3-5-18(21)6-4-16/h3-6,9-10,12,14H,7-8,11,13,21H2,1-2H3. The van der Waals surface area contributed by atoms with Crippen molar-refractivity contribution in [1.29, 1.82) is 0 Å². The zero-order valence-corrected chi connectivity index (χ0v) is 15.3. The zero-order valence-electron chi connectivity index (χ0n) is 15.3. The molecule has 2 N–H and O–H groups in total. The van der Waals surface area contributed by atoms with Crippen LogP contribution in [0.5, 0.6) is 0 Å². The minimum Gasteiger partial charge on any atom is -0.399 e. The van der Waals surface area contributed by atoms with E-state index in [1.54, 1.807) is 0 Å². The Bertz CT molecular complexity index is 897. The van der Waals surface area contributed by atoms with Gasteiger partial charge in [-0.1, -0.05) is 0 Å². The van der Waals surface area contributed by atoms with E-state index in [0.717, 1.165) is 48.8 Å². The van der Waals surface area contributed by atoms with Crippen molar-refractivity contribution in [1.82, 2.24) is 24.6 Å². The molecular formula is C20H24N6. The zero-order chi connectivity index (χ0) is 18.1. The topological polar surface area (TPSA) is 72.9 Å². The average Bonchev–Trinajstić information content (AvgIpc) is 3.11. The number of nitrogen functional groups attached to an aromatic ring is 1. The highest BCUT2D eigenvalue weighted by Gasteiger charge is 2.19. The summed E-state index contributed by atoms with van der Waals surface area (Å²) in [6, 6.07) is 8.11. The van der Waals surface area contributed by atoms with Crippen molar-refractivity contribution >= 4 is 5.69 Å². The van der Waals surface area contributed by atoms with E-state index in [4.69, 9.17) is 10.7 Å². The maximum absolute atomic E-state index is 5.76. The molecule has 134 valence electrons. The summed E-state index contributed by atoms with van der Waals surface area (Å²) in [6.07, 6.45) is 7.02. The molecule has 0 unspecified atom stereocenters. The molecule has 6 heteroatoms. The van der Waals surface area contributed by atoms with Crippen LogP contribution in [-0.2, 0) is 19.5 Å². The Kier molecular flexibility index (Phi) is 4.42. The molecule has 3 heterocycles. The SMILES string of the molecule is CC(C)n1cc(CN2CCc3nc(-c4ccc(N)cc4)ncc3C2)cn1. The third kappa shape index (κ3) is 3.46. The van der Waals surface area contributed by atoms with E-state index in [1.165, 1.54) is 11.1 Å². The number of aromatic nitrogens is 4. The number of benzene rings is 1. The number of rotatable bonds is 4. The molecule has 0 radical (unpaired) electrons. The first kappa shape index (κ1) is 16.7. The first-order valence-corrected chi connectivity index (χ1v) is 9.04. The van der Waals surface area contributed by atoms with Crippen molar-refractivity contribution in [3.63, 3.8) is 0 Å². The number of hydrogen-bond acceptors (Lipinski definition) is 5. The highest BCUT2D eigenvalue weighted by Crippen LogP contribution is 2.22. The fraction of sp³-hybridized carbons (Fsp3) is 0.350. The van der Waals surface area contributed by atoms with Gasteiger partial charge in [0.25, 0.3) is 0 Å². The summed E-state index contributed by atoms with van der Waals surface area (Å²) in [7, 11) is 0. The van der Waals surface area contributed by atoms with Gasteiger partial charge in [0.05, 0.1) is 11.9 Å². The number of nitrogens with two attached hydrogens (primary N) is 1. The third-order valence-corrected chi connectivity index (χ3v) is 4.77. The van der Waals surface area contributed by atoms with E-state index >= 15 is 0 Å². The molecule has 1 aliphatic heterocycles. The van der Waals surface area contributed by atoms with Crippen LogP contribution in [0.3, 0.4) is 0 Å². The highest BCUT2D eigenvalue weighted by molar-refractivity contribution is 5.58. The second-order valence-electron chi connectivity index (χ2n) is 7.17. The molecular weight excluding hydrogens is 324 g/mol. The molecule has 0 atom stereocenters. The van der Waals surface area contributed by atoms with Crippen LogP contribution < -0.4 is 5.73 Å². The van der Waals surface area contributed by atoms with Crippen molar-refractivity contribution in [2.24, 2.45) is 0 Å². The fourth-order valence-corrected chi connectivity index (χ4v) is 3.28. The first-order chi connectivity index (χ1) is 12.6. The van der Waals surface area contributed by atoms with Crippen molar-refractivity contribution in [3.05, 3.63) is 59.7 Å². The second-order valence-corrected chi connectivity index (χ2v) is 7.17. The first-order valence-electron chi connectivity index (χ1n) is 9.04. The van der Waals surface area contributed by atoms with Gasteiger partial charge < -0.3 is 5.73 Å². The molecule has 4 rings (SSSR count). The van der Waals surface area contributed by atoms with Crippen LogP contribution >= 0.6 is 0 Å². The number of hydrogen-bond donors (Lipinski definition) is 1. The predicted molar refractivity (Wildman–Crippen MR) is 102 cm³/mol. The van der Waals surface area contributed by atoms with Gasteiger partial charge in [-0.3, -0.25) is 9.58 Å². The molecule has 0 bridgehead atoms. The van der Waals surface area contributed by atoms with E-state index in [0.29, 0.717) is 6.04 Å². The summed E-state index contributed by atoms with van der Waals surface area (Å²) in [5.41, 5.74) is 11.1. The van der Waals surface area contributed by atoms with E-state index in [9.17, 15) is 0 Å². The van der Waals surface area contributed by atoms with E-state index < -0.39 is 0 Å². The van der Waals surface area contributed by atoms with Gasteiger partial charge in [-0.05, 0) is 38.1 Å². The summed E-state index contributed by atoms with van der Waals surface area (Å²) >= 11 is 0. The Morgan fingerprint density at radius 2 is 1.96 bits per heavy atom. The molecule has 3 aromatic rings. The van der Waals surface area contributed by atoms with Crippen molar-refractivity contribution in [3.8, 4) is 11.4 Å². The van der Waals surface area contributed by atoms with Gasteiger partial charge >= 0.3 is 0 Å². The fourth-order valence-electron chi connectivity index (χ4n) is 3.28. The van der Waals surface area contributed by atoms with Crippen LogP contribution in [0.15, 0.2) is 42.9 Å². The molecule has 0 saturated heterocycles. The van der Waals surface area contributed by atoms with Crippen LogP contribution in [0.4, 0.5) is 5.69 Å². The number of fused-ring (bicyclic) bond motifs is 1.